The van der Waals surface area contributed by atoms with Gasteiger partial charge in [0.25, 0.3) is 0 Å². The molecule has 0 bridgehead atoms. The normalized spacial score (nSPS) is 20.5. The minimum atomic E-state index is -0.634. The third-order valence-electron chi connectivity index (χ3n) is 3.94. The second kappa shape index (κ2) is 4.65. The smallest absolute Gasteiger partial charge is 0.399 e. The van der Waals surface area contributed by atoms with Gasteiger partial charge >= 0.3 is 7.12 Å². The molecule has 0 unspecified atom stereocenters. The van der Waals surface area contributed by atoms with Gasteiger partial charge in [0.05, 0.1) is 16.7 Å². The van der Waals surface area contributed by atoms with Gasteiger partial charge in [-0.15, -0.1) is 6.58 Å². The second-order valence-electron chi connectivity index (χ2n) is 5.83. The Bertz CT molecular complexity index is 532. The maximum Gasteiger partial charge on any atom is 0.500 e. The average molecular weight is 261 g/mol. The summed E-state index contributed by atoms with van der Waals surface area (Å²) in [5.74, 6) is 0. The number of H-pyrrole nitrogens is 1. The van der Waals surface area contributed by atoms with Gasteiger partial charge in [-0.05, 0) is 45.7 Å². The van der Waals surface area contributed by atoms with Gasteiger partial charge < -0.3 is 14.3 Å². The van der Waals surface area contributed by atoms with Gasteiger partial charge in [-0.25, -0.2) is 0 Å². The van der Waals surface area contributed by atoms with Crippen LogP contribution in [0.2, 0.25) is 0 Å². The van der Waals surface area contributed by atoms with Gasteiger partial charge in [0.15, 0.2) is 0 Å². The molecule has 4 nitrogen and oxygen atoms in total. The lowest BCUT2D eigenvalue weighted by Crippen LogP contribution is -2.46. The van der Waals surface area contributed by atoms with Crippen LogP contribution in [0.4, 0.5) is 0 Å². The molecule has 1 fully saturated rings. The van der Waals surface area contributed by atoms with Gasteiger partial charge in [-0.2, -0.15) is 0 Å². The third-order valence-corrected chi connectivity index (χ3v) is 3.94. The van der Waals surface area contributed by atoms with Crippen LogP contribution in [-0.4, -0.2) is 23.3 Å². The number of pyridine rings is 1. The van der Waals surface area contributed by atoms with Crippen LogP contribution >= 0.6 is 0 Å². The minimum absolute atomic E-state index is 0.169. The second-order valence-corrected chi connectivity index (χ2v) is 5.83. The molecule has 5 heteroatoms. The van der Waals surface area contributed by atoms with Crippen LogP contribution in [0, 0.1) is 0 Å². The van der Waals surface area contributed by atoms with Crippen molar-refractivity contribution in [3.8, 4) is 0 Å². The summed E-state index contributed by atoms with van der Waals surface area (Å²) in [7, 11) is -0.634. The summed E-state index contributed by atoms with van der Waals surface area (Å²) in [5, 5.41) is 0. The van der Waals surface area contributed by atoms with E-state index in [9.17, 15) is 4.79 Å². The molecule has 1 aromatic rings. The average Bonchev–Trinajstić information content (AvgIpc) is 2.48. The van der Waals surface area contributed by atoms with E-state index in [0.29, 0.717) is 11.9 Å². The van der Waals surface area contributed by atoms with Crippen molar-refractivity contribution in [3.05, 3.63) is 40.8 Å². The summed E-state index contributed by atoms with van der Waals surface area (Å²) in [5.41, 5.74) is 0.354. The van der Waals surface area contributed by atoms with E-state index in [4.69, 9.17) is 9.31 Å². The molecule has 0 atom stereocenters. The summed E-state index contributed by atoms with van der Waals surface area (Å²) in [4.78, 5) is 14.8. The number of aromatic nitrogens is 1. The zero-order valence-corrected chi connectivity index (χ0v) is 11.9. The Kier molecular flexibility index (Phi) is 3.45. The quantitative estimate of drug-likeness (QED) is 0.661. The standard InChI is InChI=1S/C14H20BNO3/c1-6-7-10-8-9-16-12(17)11(10)15-18-13(2,3)14(4,5)19-15/h6,8-9H,1,7H2,2-5H3,(H,16,17). The fourth-order valence-electron chi connectivity index (χ4n) is 2.08. The number of nitrogens with one attached hydrogen (secondary N) is 1. The fourth-order valence-corrected chi connectivity index (χ4v) is 2.08. The van der Waals surface area contributed by atoms with Crippen molar-refractivity contribution in [3.63, 3.8) is 0 Å². The zero-order chi connectivity index (χ0) is 14.3. The first-order chi connectivity index (χ1) is 8.78. The Morgan fingerprint density at radius 1 is 1.32 bits per heavy atom. The highest BCUT2D eigenvalue weighted by atomic mass is 16.7. The summed E-state index contributed by atoms with van der Waals surface area (Å²) < 4.78 is 11.9. The summed E-state index contributed by atoms with van der Waals surface area (Å²) in [6.45, 7) is 11.6. The van der Waals surface area contributed by atoms with E-state index in [1.807, 2.05) is 33.8 Å². The molecule has 2 rings (SSSR count). The zero-order valence-electron chi connectivity index (χ0n) is 11.9. The molecule has 0 aromatic carbocycles. The maximum absolute atomic E-state index is 12.1. The highest BCUT2D eigenvalue weighted by Crippen LogP contribution is 2.36. The molecular formula is C14H20BNO3. The summed E-state index contributed by atoms with van der Waals surface area (Å²) in [6.07, 6.45) is 4.02. The van der Waals surface area contributed by atoms with E-state index in [2.05, 4.69) is 11.6 Å². The molecule has 0 spiro atoms. The van der Waals surface area contributed by atoms with Gasteiger partial charge in [-0.3, -0.25) is 4.79 Å². The van der Waals surface area contributed by atoms with Gasteiger partial charge in [0.1, 0.15) is 0 Å². The fraction of sp³-hybridized carbons (Fsp3) is 0.500. The predicted molar refractivity (Wildman–Crippen MR) is 76.7 cm³/mol. The molecule has 1 N–H and O–H groups in total. The van der Waals surface area contributed by atoms with Crippen molar-refractivity contribution in [2.24, 2.45) is 0 Å². The van der Waals surface area contributed by atoms with Crippen LogP contribution in [-0.2, 0) is 15.7 Å². The number of aromatic amines is 1. The number of allylic oxidation sites excluding steroid dienone is 1. The first-order valence-electron chi connectivity index (χ1n) is 6.45. The summed E-state index contributed by atoms with van der Waals surface area (Å²) >= 11 is 0. The number of hydrogen-bond donors (Lipinski definition) is 1. The SMILES string of the molecule is C=CCc1cc[nH]c(=O)c1B1OC(C)(C)C(C)(C)O1. The van der Waals surface area contributed by atoms with Crippen molar-refractivity contribution in [1.82, 2.24) is 4.98 Å². The Hall–Kier alpha value is -1.33. The topological polar surface area (TPSA) is 51.3 Å². The molecule has 1 saturated heterocycles. The Morgan fingerprint density at radius 3 is 2.42 bits per heavy atom. The number of rotatable bonds is 3. The lowest BCUT2D eigenvalue weighted by Gasteiger charge is -2.32. The van der Waals surface area contributed by atoms with E-state index < -0.39 is 18.3 Å². The van der Waals surface area contributed by atoms with Gasteiger partial charge in [-0.1, -0.05) is 6.08 Å². The van der Waals surface area contributed by atoms with Crippen molar-refractivity contribution < 1.29 is 9.31 Å². The molecule has 19 heavy (non-hydrogen) atoms. The highest BCUT2D eigenvalue weighted by molar-refractivity contribution is 6.62. The van der Waals surface area contributed by atoms with E-state index >= 15 is 0 Å². The van der Waals surface area contributed by atoms with E-state index in [-0.39, 0.29) is 5.56 Å². The number of hydrogen-bond acceptors (Lipinski definition) is 3. The molecular weight excluding hydrogens is 241 g/mol. The Labute approximate surface area is 114 Å². The first-order valence-corrected chi connectivity index (χ1v) is 6.45. The van der Waals surface area contributed by atoms with Crippen molar-refractivity contribution in [1.29, 1.82) is 0 Å². The highest BCUT2D eigenvalue weighted by Gasteiger charge is 2.52. The predicted octanol–water partition coefficient (Wildman–Crippen LogP) is 1.40. The van der Waals surface area contributed by atoms with Crippen LogP contribution in [0.25, 0.3) is 0 Å². The van der Waals surface area contributed by atoms with Crippen molar-refractivity contribution in [2.45, 2.75) is 45.3 Å². The van der Waals surface area contributed by atoms with Crippen LogP contribution in [0.1, 0.15) is 33.3 Å². The molecule has 0 aliphatic carbocycles. The Morgan fingerprint density at radius 2 is 1.89 bits per heavy atom. The molecule has 1 aliphatic heterocycles. The van der Waals surface area contributed by atoms with Crippen LogP contribution in [0.3, 0.4) is 0 Å². The Balaban J connectivity index is 2.44. The third kappa shape index (κ3) is 2.40. The van der Waals surface area contributed by atoms with Crippen LogP contribution in [0.5, 0.6) is 0 Å². The van der Waals surface area contributed by atoms with Crippen LogP contribution in [0.15, 0.2) is 29.7 Å². The molecule has 0 saturated carbocycles. The first kappa shape index (κ1) is 14.1. The maximum atomic E-state index is 12.1. The largest absolute Gasteiger partial charge is 0.500 e. The molecule has 1 aliphatic rings. The van der Waals surface area contributed by atoms with Crippen LogP contribution < -0.4 is 11.0 Å². The summed E-state index contributed by atoms with van der Waals surface area (Å²) in [6, 6.07) is 1.86. The van der Waals surface area contributed by atoms with Gasteiger partial charge in [0.2, 0.25) is 5.56 Å². The molecule has 2 heterocycles. The molecule has 102 valence electrons. The van der Waals surface area contributed by atoms with E-state index in [1.165, 1.54) is 0 Å². The molecule has 0 amide bonds. The van der Waals surface area contributed by atoms with Crippen molar-refractivity contribution in [2.75, 3.05) is 0 Å². The molecule has 0 radical (unpaired) electrons. The van der Waals surface area contributed by atoms with Gasteiger partial charge in [0, 0.05) is 6.20 Å². The molecule has 1 aromatic heterocycles. The van der Waals surface area contributed by atoms with E-state index in [1.54, 1.807) is 12.3 Å². The van der Waals surface area contributed by atoms with E-state index in [0.717, 1.165) is 5.56 Å². The lowest BCUT2D eigenvalue weighted by atomic mass is 9.76. The van der Waals surface area contributed by atoms with Crippen molar-refractivity contribution >= 4 is 12.6 Å². The lowest BCUT2D eigenvalue weighted by molar-refractivity contribution is 0.00578. The monoisotopic (exact) mass is 261 g/mol. The minimum Gasteiger partial charge on any atom is -0.399 e.